The molecule has 1 aliphatic heterocycles. The van der Waals surface area contributed by atoms with Crippen LogP contribution in [0.3, 0.4) is 0 Å². The molecule has 3 rings (SSSR count). The van der Waals surface area contributed by atoms with Gasteiger partial charge in [-0.1, -0.05) is 6.07 Å². The van der Waals surface area contributed by atoms with Crippen molar-refractivity contribution in [1.29, 1.82) is 0 Å². The third-order valence-corrected chi connectivity index (χ3v) is 6.76. The lowest BCUT2D eigenvalue weighted by Crippen LogP contribution is -2.50. The van der Waals surface area contributed by atoms with Crippen molar-refractivity contribution in [2.24, 2.45) is 5.92 Å². The van der Waals surface area contributed by atoms with E-state index in [1.807, 2.05) is 6.07 Å². The van der Waals surface area contributed by atoms with Crippen molar-refractivity contribution in [3.05, 3.63) is 29.3 Å². The molecule has 0 saturated carbocycles. The second-order valence-electron chi connectivity index (χ2n) is 6.39. The summed E-state index contributed by atoms with van der Waals surface area (Å²) < 4.78 is 53.9. The van der Waals surface area contributed by atoms with Crippen LogP contribution in [0.15, 0.2) is 23.1 Å². The number of alkyl halides is 2. The SMILES string of the molecule is O=S(=O)(c1ccc2c(c1)CCCC2)N1CCC(F)(F)C(CO)C1. The minimum atomic E-state index is -3.80. The number of nitrogens with zero attached hydrogens (tertiary/aromatic N) is 1. The van der Waals surface area contributed by atoms with Gasteiger partial charge in [-0.3, -0.25) is 0 Å². The minimum Gasteiger partial charge on any atom is -0.396 e. The lowest BCUT2D eigenvalue weighted by molar-refractivity contribution is -0.107. The standard InChI is InChI=1S/C16H21F2NO3S/c17-16(18)7-8-19(10-14(16)11-20)23(21,22)15-6-5-12-3-1-2-4-13(12)9-15/h5-6,9,14,20H,1-4,7-8,10-11H2. The number of benzene rings is 1. The van der Waals surface area contributed by atoms with E-state index >= 15 is 0 Å². The summed E-state index contributed by atoms with van der Waals surface area (Å²) >= 11 is 0. The van der Waals surface area contributed by atoms with Crippen molar-refractivity contribution >= 4 is 10.0 Å². The van der Waals surface area contributed by atoms with Gasteiger partial charge in [-0.05, 0) is 48.9 Å². The molecular formula is C16H21F2NO3S. The number of aryl methyl sites for hydroxylation is 2. The van der Waals surface area contributed by atoms with Gasteiger partial charge >= 0.3 is 0 Å². The maximum absolute atomic E-state index is 13.7. The lowest BCUT2D eigenvalue weighted by atomic mass is 9.92. The maximum atomic E-state index is 13.7. The van der Waals surface area contributed by atoms with Crippen LogP contribution >= 0.6 is 0 Å². The number of piperidine rings is 1. The zero-order valence-corrected chi connectivity index (χ0v) is 13.7. The molecule has 1 heterocycles. The maximum Gasteiger partial charge on any atom is 0.255 e. The molecule has 23 heavy (non-hydrogen) atoms. The van der Waals surface area contributed by atoms with E-state index in [1.165, 1.54) is 5.56 Å². The topological polar surface area (TPSA) is 57.6 Å². The molecule has 0 aromatic heterocycles. The van der Waals surface area contributed by atoms with Gasteiger partial charge in [-0.15, -0.1) is 0 Å². The Bertz CT molecular complexity index is 691. The summed E-state index contributed by atoms with van der Waals surface area (Å²) in [4.78, 5) is 0.167. The summed E-state index contributed by atoms with van der Waals surface area (Å²) in [6, 6.07) is 5.09. The molecule has 128 valence electrons. The fourth-order valence-corrected chi connectivity index (χ4v) is 4.91. The van der Waals surface area contributed by atoms with Gasteiger partial charge in [0.1, 0.15) is 0 Å². The average Bonchev–Trinajstić information content (AvgIpc) is 2.54. The van der Waals surface area contributed by atoms with Crippen LogP contribution in [0.5, 0.6) is 0 Å². The van der Waals surface area contributed by atoms with E-state index in [-0.39, 0.29) is 18.0 Å². The first-order valence-electron chi connectivity index (χ1n) is 7.95. The molecule has 0 spiro atoms. The van der Waals surface area contributed by atoms with E-state index in [0.717, 1.165) is 35.6 Å². The monoisotopic (exact) mass is 345 g/mol. The highest BCUT2D eigenvalue weighted by molar-refractivity contribution is 7.89. The smallest absolute Gasteiger partial charge is 0.255 e. The number of halogens is 2. The Morgan fingerprint density at radius 1 is 1.22 bits per heavy atom. The molecule has 1 unspecified atom stereocenters. The molecule has 1 saturated heterocycles. The van der Waals surface area contributed by atoms with Crippen LogP contribution in [0.2, 0.25) is 0 Å². The summed E-state index contributed by atoms with van der Waals surface area (Å²) in [6.45, 7) is -1.28. The van der Waals surface area contributed by atoms with E-state index in [9.17, 15) is 17.2 Å². The molecule has 1 aliphatic carbocycles. The molecule has 2 aliphatic rings. The first-order valence-corrected chi connectivity index (χ1v) is 9.39. The van der Waals surface area contributed by atoms with Crippen LogP contribution in [0.1, 0.15) is 30.4 Å². The summed E-state index contributed by atoms with van der Waals surface area (Å²) in [5.74, 6) is -4.36. The van der Waals surface area contributed by atoms with Crippen LogP contribution in [-0.4, -0.2) is 43.4 Å². The average molecular weight is 345 g/mol. The van der Waals surface area contributed by atoms with Gasteiger partial charge in [-0.25, -0.2) is 17.2 Å². The van der Waals surface area contributed by atoms with Gasteiger partial charge in [0.05, 0.1) is 17.4 Å². The van der Waals surface area contributed by atoms with Crippen LogP contribution in [0, 0.1) is 5.92 Å². The predicted octanol–water partition coefficient (Wildman–Crippen LogP) is 2.20. The van der Waals surface area contributed by atoms with Gasteiger partial charge in [-0.2, -0.15) is 4.31 Å². The zero-order chi connectivity index (χ0) is 16.7. The van der Waals surface area contributed by atoms with Crippen molar-refractivity contribution in [2.45, 2.75) is 42.9 Å². The van der Waals surface area contributed by atoms with E-state index in [2.05, 4.69) is 0 Å². The summed E-state index contributed by atoms with van der Waals surface area (Å²) in [6.07, 6.45) is 3.41. The number of sulfonamides is 1. The van der Waals surface area contributed by atoms with Crippen molar-refractivity contribution in [3.8, 4) is 0 Å². The molecule has 0 bridgehead atoms. The number of hydrogen-bond donors (Lipinski definition) is 1. The number of rotatable bonds is 3. The highest BCUT2D eigenvalue weighted by Crippen LogP contribution is 2.35. The molecular weight excluding hydrogens is 324 g/mol. The van der Waals surface area contributed by atoms with Gasteiger partial charge < -0.3 is 5.11 Å². The third-order valence-electron chi connectivity index (χ3n) is 4.89. The van der Waals surface area contributed by atoms with Crippen LogP contribution in [-0.2, 0) is 22.9 Å². The van der Waals surface area contributed by atoms with Crippen LogP contribution in [0.25, 0.3) is 0 Å². The second kappa shape index (κ2) is 6.11. The molecule has 1 fully saturated rings. The Hall–Kier alpha value is -1.05. The summed E-state index contributed by atoms with van der Waals surface area (Å²) in [5.41, 5.74) is 2.21. The highest BCUT2D eigenvalue weighted by atomic mass is 32.2. The minimum absolute atomic E-state index is 0.167. The van der Waals surface area contributed by atoms with Crippen molar-refractivity contribution in [2.75, 3.05) is 19.7 Å². The summed E-state index contributed by atoms with van der Waals surface area (Å²) in [5, 5.41) is 9.14. The zero-order valence-electron chi connectivity index (χ0n) is 12.8. The van der Waals surface area contributed by atoms with Crippen molar-refractivity contribution < 1.29 is 22.3 Å². The van der Waals surface area contributed by atoms with E-state index in [1.54, 1.807) is 12.1 Å². The molecule has 0 amide bonds. The molecule has 7 heteroatoms. The Balaban J connectivity index is 1.87. The Kier molecular flexibility index (Phi) is 4.46. The van der Waals surface area contributed by atoms with E-state index in [0.29, 0.717) is 0 Å². The molecule has 0 radical (unpaired) electrons. The van der Waals surface area contributed by atoms with Crippen LogP contribution < -0.4 is 0 Å². The second-order valence-corrected chi connectivity index (χ2v) is 8.33. The fraction of sp³-hybridized carbons (Fsp3) is 0.625. The molecule has 4 nitrogen and oxygen atoms in total. The van der Waals surface area contributed by atoms with Crippen LogP contribution in [0.4, 0.5) is 8.78 Å². The van der Waals surface area contributed by atoms with Gasteiger partial charge in [0, 0.05) is 19.5 Å². The lowest BCUT2D eigenvalue weighted by Gasteiger charge is -2.36. The number of hydrogen-bond acceptors (Lipinski definition) is 3. The number of fused-ring (bicyclic) bond motifs is 1. The van der Waals surface area contributed by atoms with E-state index < -0.39 is 34.9 Å². The first-order chi connectivity index (χ1) is 10.8. The van der Waals surface area contributed by atoms with Gasteiger partial charge in [0.25, 0.3) is 5.92 Å². The normalized spacial score (nSPS) is 25.1. The Morgan fingerprint density at radius 3 is 2.61 bits per heavy atom. The summed E-state index contributed by atoms with van der Waals surface area (Å²) in [7, 11) is -3.80. The Morgan fingerprint density at radius 2 is 1.91 bits per heavy atom. The highest BCUT2D eigenvalue weighted by Gasteiger charge is 2.46. The van der Waals surface area contributed by atoms with Crippen molar-refractivity contribution in [3.63, 3.8) is 0 Å². The predicted molar refractivity (Wildman–Crippen MR) is 82.0 cm³/mol. The largest absolute Gasteiger partial charge is 0.396 e. The first kappa shape index (κ1) is 16.8. The molecule has 1 atom stereocenters. The third kappa shape index (κ3) is 3.14. The Labute approximate surface area is 135 Å². The molecule has 1 N–H and O–H groups in total. The van der Waals surface area contributed by atoms with E-state index in [4.69, 9.17) is 5.11 Å². The van der Waals surface area contributed by atoms with Gasteiger partial charge in [0.15, 0.2) is 0 Å². The fourth-order valence-electron chi connectivity index (χ4n) is 3.38. The quantitative estimate of drug-likeness (QED) is 0.914. The van der Waals surface area contributed by atoms with Crippen molar-refractivity contribution in [1.82, 2.24) is 4.31 Å². The molecule has 1 aromatic rings. The number of aliphatic hydroxyl groups is 1. The number of aliphatic hydroxyl groups excluding tert-OH is 1. The molecule has 1 aromatic carbocycles. The van der Waals surface area contributed by atoms with Gasteiger partial charge in [0.2, 0.25) is 10.0 Å².